The van der Waals surface area contributed by atoms with Crippen LogP contribution in [0.2, 0.25) is 0 Å². The first-order valence-electron chi connectivity index (χ1n) is 8.45. The molecule has 1 aliphatic carbocycles. The van der Waals surface area contributed by atoms with Crippen LogP contribution in [0.1, 0.15) is 33.4 Å². The van der Waals surface area contributed by atoms with E-state index in [1.165, 1.54) is 29.8 Å². The van der Waals surface area contributed by atoms with Crippen LogP contribution in [0.4, 0.5) is 4.39 Å². The number of carbonyl (C=O) groups is 1. The smallest absolute Gasteiger partial charge is 0.251 e. The van der Waals surface area contributed by atoms with Gasteiger partial charge in [-0.1, -0.05) is 29.4 Å². The fraction of sp³-hybridized carbons (Fsp3) is 0.150. The van der Waals surface area contributed by atoms with Gasteiger partial charge in [0.05, 0.1) is 6.61 Å². The number of amides is 1. The minimum Gasteiger partial charge on any atom is -0.394 e. The molecule has 2 aromatic carbocycles. The number of nitrogens with one attached hydrogen (secondary N) is 1. The predicted octanol–water partition coefficient (Wildman–Crippen LogP) is 2.91. The van der Waals surface area contributed by atoms with E-state index in [4.69, 9.17) is 4.52 Å². The average molecular weight is 365 g/mol. The minimum atomic E-state index is -0.863. The number of halogens is 1. The summed E-state index contributed by atoms with van der Waals surface area (Å²) in [6.45, 7) is -0.415. The summed E-state index contributed by atoms with van der Waals surface area (Å²) < 4.78 is 18.2. The molecule has 1 amide bonds. The Balaban J connectivity index is 1.53. The Morgan fingerprint density at radius 1 is 1.26 bits per heavy atom. The van der Waals surface area contributed by atoms with E-state index in [1.807, 2.05) is 24.3 Å². The summed E-state index contributed by atoms with van der Waals surface area (Å²) in [5, 5.41) is 16.2. The number of benzene rings is 2. The molecule has 0 aliphatic heterocycles. The lowest BCUT2D eigenvalue weighted by Gasteiger charge is -2.12. The third-order valence-electron chi connectivity index (χ3n) is 4.37. The molecule has 6 nitrogen and oxygen atoms in total. The number of carbonyl (C=O) groups excluding carboxylic acids is 1. The van der Waals surface area contributed by atoms with Crippen molar-refractivity contribution in [2.75, 3.05) is 6.61 Å². The number of hydrogen-bond acceptors (Lipinski definition) is 5. The normalized spacial score (nSPS) is 13.4. The van der Waals surface area contributed by atoms with Crippen molar-refractivity contribution < 1.29 is 18.8 Å². The van der Waals surface area contributed by atoms with Crippen molar-refractivity contribution >= 4 is 12.0 Å². The van der Waals surface area contributed by atoms with Gasteiger partial charge in [-0.15, -0.1) is 0 Å². The van der Waals surface area contributed by atoms with Crippen molar-refractivity contribution in [1.29, 1.82) is 0 Å². The first kappa shape index (κ1) is 17.1. The van der Waals surface area contributed by atoms with E-state index in [1.54, 1.807) is 0 Å². The van der Waals surface area contributed by atoms with Crippen molar-refractivity contribution in [1.82, 2.24) is 15.5 Å². The molecule has 0 saturated carbocycles. The Morgan fingerprint density at radius 2 is 2.07 bits per heavy atom. The summed E-state index contributed by atoms with van der Waals surface area (Å²) in [4.78, 5) is 16.6. The van der Waals surface area contributed by atoms with E-state index in [2.05, 4.69) is 21.5 Å². The number of rotatable bonds is 5. The van der Waals surface area contributed by atoms with Crippen LogP contribution in [0.25, 0.3) is 17.5 Å². The number of allylic oxidation sites excluding steroid dienone is 1. The Morgan fingerprint density at radius 3 is 2.85 bits per heavy atom. The minimum absolute atomic E-state index is 0.0963. The van der Waals surface area contributed by atoms with E-state index < -0.39 is 24.4 Å². The van der Waals surface area contributed by atoms with Gasteiger partial charge in [-0.05, 0) is 47.9 Å². The fourth-order valence-electron chi connectivity index (χ4n) is 2.91. The van der Waals surface area contributed by atoms with Gasteiger partial charge in [-0.2, -0.15) is 4.98 Å². The van der Waals surface area contributed by atoms with Crippen LogP contribution >= 0.6 is 0 Å². The molecule has 27 heavy (non-hydrogen) atoms. The maximum absolute atomic E-state index is 13.0. The van der Waals surface area contributed by atoms with E-state index in [9.17, 15) is 14.3 Å². The van der Waals surface area contributed by atoms with Gasteiger partial charge in [0.25, 0.3) is 11.8 Å². The van der Waals surface area contributed by atoms with Crippen LogP contribution in [-0.2, 0) is 6.42 Å². The van der Waals surface area contributed by atoms with Gasteiger partial charge in [0.2, 0.25) is 5.82 Å². The highest BCUT2D eigenvalue weighted by atomic mass is 19.1. The summed E-state index contributed by atoms with van der Waals surface area (Å²) in [7, 11) is 0. The second-order valence-corrected chi connectivity index (χ2v) is 6.19. The summed E-state index contributed by atoms with van der Waals surface area (Å²) in [6, 6.07) is 10.1. The maximum Gasteiger partial charge on any atom is 0.251 e. The lowest BCUT2D eigenvalue weighted by Crippen LogP contribution is -2.31. The van der Waals surface area contributed by atoms with Crippen LogP contribution in [0.3, 0.4) is 0 Å². The molecule has 0 unspecified atom stereocenters. The summed E-state index contributed by atoms with van der Waals surface area (Å²) in [5.74, 6) is -0.436. The maximum atomic E-state index is 13.0. The zero-order valence-electron chi connectivity index (χ0n) is 14.2. The molecule has 0 fully saturated rings. The zero-order valence-corrected chi connectivity index (χ0v) is 14.2. The van der Waals surface area contributed by atoms with Crippen LogP contribution in [0, 0.1) is 5.82 Å². The molecule has 1 heterocycles. The predicted molar refractivity (Wildman–Crippen MR) is 96.2 cm³/mol. The molecule has 2 N–H and O–H groups in total. The van der Waals surface area contributed by atoms with E-state index in [0.29, 0.717) is 5.82 Å². The van der Waals surface area contributed by atoms with Crippen LogP contribution in [0.15, 0.2) is 53.1 Å². The molecule has 0 radical (unpaired) electrons. The summed E-state index contributed by atoms with van der Waals surface area (Å²) >= 11 is 0. The van der Waals surface area contributed by atoms with E-state index >= 15 is 0 Å². The Hall–Kier alpha value is -3.32. The second kappa shape index (κ2) is 7.13. The number of nitrogens with zero attached hydrogens (tertiary/aromatic N) is 2. The number of aliphatic hydroxyl groups is 1. The summed E-state index contributed by atoms with van der Waals surface area (Å²) in [6.07, 6.45) is 5.04. The number of hydrogen-bond donors (Lipinski definition) is 2. The topological polar surface area (TPSA) is 88.2 Å². The lowest BCUT2D eigenvalue weighted by atomic mass is 10.1. The Labute approximate surface area is 154 Å². The third kappa shape index (κ3) is 3.50. The molecule has 136 valence electrons. The highest BCUT2D eigenvalue weighted by molar-refractivity contribution is 5.94. The molecule has 1 aromatic heterocycles. The van der Waals surface area contributed by atoms with Gasteiger partial charge in [-0.3, -0.25) is 4.79 Å². The van der Waals surface area contributed by atoms with E-state index in [-0.39, 0.29) is 11.5 Å². The molecular formula is C20H16FN3O3. The van der Waals surface area contributed by atoms with Crippen molar-refractivity contribution in [3.63, 3.8) is 0 Å². The molecule has 1 aliphatic rings. The number of aliphatic hydroxyl groups excluding tert-OH is 1. The molecule has 7 heteroatoms. The lowest BCUT2D eigenvalue weighted by molar-refractivity contribution is 0.0901. The molecule has 4 rings (SSSR count). The van der Waals surface area contributed by atoms with Gasteiger partial charge in [0, 0.05) is 11.1 Å². The first-order valence-corrected chi connectivity index (χ1v) is 8.45. The molecule has 3 aromatic rings. The van der Waals surface area contributed by atoms with Gasteiger partial charge < -0.3 is 14.9 Å². The number of fused-ring (bicyclic) bond motifs is 1. The van der Waals surface area contributed by atoms with Crippen LogP contribution in [-0.4, -0.2) is 27.8 Å². The second-order valence-electron chi connectivity index (χ2n) is 6.19. The van der Waals surface area contributed by atoms with Gasteiger partial charge in [0.1, 0.15) is 11.9 Å². The van der Waals surface area contributed by atoms with Gasteiger partial charge >= 0.3 is 0 Å². The third-order valence-corrected chi connectivity index (χ3v) is 4.37. The molecule has 1 atom stereocenters. The molecular weight excluding hydrogens is 349 g/mol. The Bertz CT molecular complexity index is 1010. The van der Waals surface area contributed by atoms with Crippen molar-refractivity contribution in [3.05, 3.63) is 76.9 Å². The highest BCUT2D eigenvalue weighted by Crippen LogP contribution is 2.26. The first-order chi connectivity index (χ1) is 13.1. The van der Waals surface area contributed by atoms with Crippen LogP contribution < -0.4 is 5.32 Å². The highest BCUT2D eigenvalue weighted by Gasteiger charge is 2.22. The zero-order chi connectivity index (χ0) is 18.8. The van der Waals surface area contributed by atoms with Crippen LogP contribution in [0.5, 0.6) is 0 Å². The molecule has 0 bridgehead atoms. The average Bonchev–Trinajstić information content (AvgIpc) is 3.35. The Kier molecular flexibility index (Phi) is 4.52. The molecule has 0 saturated heterocycles. The van der Waals surface area contributed by atoms with Crippen molar-refractivity contribution in [2.24, 2.45) is 0 Å². The standard InChI is InChI=1S/C20H16FN3O3/c21-16-8-6-13(7-9-16)19(26)22-17(11-25)20-23-18(24-27-20)15-5-4-12-2-1-3-14(12)10-15/h1,3-10,17,25H,2,11H2,(H,22,26)/t17-/m0/s1. The number of aromatic nitrogens is 2. The van der Waals surface area contributed by atoms with Crippen molar-refractivity contribution in [2.45, 2.75) is 12.5 Å². The van der Waals surface area contributed by atoms with Crippen molar-refractivity contribution in [3.8, 4) is 11.4 Å². The molecule has 0 spiro atoms. The largest absolute Gasteiger partial charge is 0.394 e. The fourth-order valence-corrected chi connectivity index (χ4v) is 2.91. The van der Waals surface area contributed by atoms with Gasteiger partial charge in [0.15, 0.2) is 0 Å². The van der Waals surface area contributed by atoms with Gasteiger partial charge in [-0.25, -0.2) is 4.39 Å². The summed E-state index contributed by atoms with van der Waals surface area (Å²) in [5.41, 5.74) is 3.40. The monoisotopic (exact) mass is 365 g/mol. The quantitative estimate of drug-likeness (QED) is 0.726. The van der Waals surface area contributed by atoms with E-state index in [0.717, 1.165) is 17.5 Å². The SMILES string of the molecule is O=C(N[C@@H](CO)c1nc(-c2ccc3c(c2)C=CC3)no1)c1ccc(F)cc1.